The maximum atomic E-state index is 10.2. The first-order valence-electron chi connectivity index (χ1n) is 3.77. The van der Waals surface area contributed by atoms with Crippen molar-refractivity contribution in [3.63, 3.8) is 0 Å². The molecular weight excluding hydrogens is 308 g/mol. The van der Waals surface area contributed by atoms with E-state index in [-0.39, 0.29) is 59.1 Å². The molecule has 0 rings (SSSR count). The van der Waals surface area contributed by atoms with E-state index in [4.69, 9.17) is 0 Å². The fourth-order valence-electron chi connectivity index (χ4n) is 0.257. The van der Waals surface area contributed by atoms with E-state index < -0.39 is 26.2 Å². The van der Waals surface area contributed by atoms with Crippen molar-refractivity contribution in [2.45, 2.75) is 13.8 Å². The maximum absolute atomic E-state index is 10.2. The quantitative estimate of drug-likeness (QED) is 0.369. The monoisotopic (exact) mass is 320 g/mol. The van der Waals surface area contributed by atoms with Gasteiger partial charge in [-0.3, -0.25) is 9.59 Å². The van der Waals surface area contributed by atoms with Crippen molar-refractivity contribution in [2.75, 3.05) is 14.2 Å². The predicted molar refractivity (Wildman–Crippen MR) is 50.6 cm³/mol. The first-order chi connectivity index (χ1) is 7.01. The summed E-state index contributed by atoms with van der Waals surface area (Å²) < 4.78 is 28.0. The van der Waals surface area contributed by atoms with Crippen LogP contribution in [0.25, 0.3) is 0 Å². The SMILES string of the molecule is COP(=O)([O-])C(C)=O.COP(=O)([O-])C(C)=O.[Na+].[Na+]. The van der Waals surface area contributed by atoms with Crippen LogP contribution >= 0.6 is 15.2 Å². The second-order valence-electron chi connectivity index (χ2n) is 2.40. The smallest absolute Gasteiger partial charge is 0.773 e. The van der Waals surface area contributed by atoms with Gasteiger partial charge in [0.1, 0.15) is 0 Å². The molecule has 0 aromatic heterocycles. The molecule has 0 spiro atoms. The largest absolute Gasteiger partial charge is 1.00 e. The van der Waals surface area contributed by atoms with Crippen molar-refractivity contribution in [3.05, 3.63) is 0 Å². The first kappa shape index (κ1) is 27.9. The van der Waals surface area contributed by atoms with Crippen LogP contribution in [0.5, 0.6) is 0 Å². The topological polar surface area (TPSA) is 133 Å². The van der Waals surface area contributed by atoms with Gasteiger partial charge in [-0.15, -0.1) is 0 Å². The summed E-state index contributed by atoms with van der Waals surface area (Å²) in [5.41, 5.74) is -1.89. The fraction of sp³-hybridized carbons (Fsp3) is 0.667. The molecule has 2 unspecified atom stereocenters. The van der Waals surface area contributed by atoms with E-state index in [1.165, 1.54) is 0 Å². The van der Waals surface area contributed by atoms with E-state index in [0.29, 0.717) is 0 Å². The van der Waals surface area contributed by atoms with Crippen LogP contribution in [0.4, 0.5) is 0 Å². The Balaban J connectivity index is -0.0000000980. The van der Waals surface area contributed by atoms with E-state index in [2.05, 4.69) is 9.05 Å². The molecule has 0 aliphatic heterocycles. The van der Waals surface area contributed by atoms with Crippen molar-refractivity contribution in [1.29, 1.82) is 0 Å². The van der Waals surface area contributed by atoms with Gasteiger partial charge in [0.15, 0.2) is 15.2 Å². The van der Waals surface area contributed by atoms with Crippen molar-refractivity contribution >= 4 is 26.2 Å². The van der Waals surface area contributed by atoms with Crippen LogP contribution < -0.4 is 68.9 Å². The van der Waals surface area contributed by atoms with Gasteiger partial charge in [-0.1, -0.05) is 0 Å². The van der Waals surface area contributed by atoms with Gasteiger partial charge in [-0.05, 0) is 0 Å². The van der Waals surface area contributed by atoms with Gasteiger partial charge < -0.3 is 28.0 Å². The number of carbonyl (C=O) groups excluding carboxylic acids is 2. The van der Waals surface area contributed by atoms with Crippen LogP contribution in [-0.2, 0) is 27.8 Å². The summed E-state index contributed by atoms with van der Waals surface area (Å²) >= 11 is 0. The molecule has 0 saturated carbocycles. The summed E-state index contributed by atoms with van der Waals surface area (Å²) in [6.07, 6.45) is 0. The standard InChI is InChI=1S/2C3H7O4P.2Na/c2*1-3(4)8(5,6)7-2;;/h2*1-2H3,(H,5,6);;/q;;2*+1/p-2. The normalized spacial score (nSPS) is 15.4. The van der Waals surface area contributed by atoms with Gasteiger partial charge in [0.05, 0.1) is 0 Å². The van der Waals surface area contributed by atoms with Gasteiger partial charge in [0.25, 0.3) is 0 Å². The summed E-state index contributed by atoms with van der Waals surface area (Å²) in [5.74, 6) is 0. The molecular formula is C6H12Na2O8P2. The number of hydrogen-bond donors (Lipinski definition) is 0. The van der Waals surface area contributed by atoms with Crippen LogP contribution in [0.1, 0.15) is 13.8 Å². The van der Waals surface area contributed by atoms with Crippen LogP contribution in [-0.4, -0.2) is 25.3 Å². The number of hydrogen-bond acceptors (Lipinski definition) is 8. The molecule has 0 aromatic rings. The zero-order valence-corrected chi connectivity index (χ0v) is 16.9. The predicted octanol–water partition coefficient (Wildman–Crippen LogP) is -6.53. The third-order valence-electron chi connectivity index (χ3n) is 1.25. The van der Waals surface area contributed by atoms with Crippen molar-refractivity contribution in [2.24, 2.45) is 0 Å². The van der Waals surface area contributed by atoms with Crippen LogP contribution in [0.15, 0.2) is 0 Å². The molecule has 0 bridgehead atoms. The Kier molecular flexibility index (Phi) is 19.2. The Hall–Kier alpha value is 1.64. The van der Waals surface area contributed by atoms with E-state index in [1.807, 2.05) is 0 Å². The van der Waals surface area contributed by atoms with Crippen LogP contribution in [0.2, 0.25) is 0 Å². The minimum atomic E-state index is -4.13. The molecule has 96 valence electrons. The maximum Gasteiger partial charge on any atom is 1.00 e. The van der Waals surface area contributed by atoms with Crippen molar-refractivity contribution in [1.82, 2.24) is 0 Å². The summed E-state index contributed by atoms with van der Waals surface area (Å²) in [6.45, 7) is 1.88. The molecule has 0 N–H and O–H groups in total. The van der Waals surface area contributed by atoms with Gasteiger partial charge >= 0.3 is 59.1 Å². The molecule has 0 amide bonds. The van der Waals surface area contributed by atoms with Gasteiger partial charge in [-0.2, -0.15) is 0 Å². The first-order valence-corrected chi connectivity index (χ1v) is 6.85. The van der Waals surface area contributed by atoms with Crippen molar-refractivity contribution in [3.8, 4) is 0 Å². The molecule has 0 radical (unpaired) electrons. The Morgan fingerprint density at radius 3 is 1.00 bits per heavy atom. The summed E-state index contributed by atoms with van der Waals surface area (Å²) in [4.78, 5) is 40.3. The number of carbonyl (C=O) groups is 2. The van der Waals surface area contributed by atoms with E-state index in [1.54, 1.807) is 0 Å². The summed E-state index contributed by atoms with van der Waals surface area (Å²) in [7, 11) is -6.36. The molecule has 0 heterocycles. The van der Waals surface area contributed by atoms with Gasteiger partial charge in [-0.25, -0.2) is 0 Å². The average molecular weight is 320 g/mol. The minimum Gasteiger partial charge on any atom is -0.773 e. The van der Waals surface area contributed by atoms with Crippen LogP contribution in [0.3, 0.4) is 0 Å². The zero-order chi connectivity index (χ0) is 13.6. The zero-order valence-electron chi connectivity index (χ0n) is 11.2. The third-order valence-corrected chi connectivity index (χ3v) is 3.76. The summed E-state index contributed by atoms with van der Waals surface area (Å²) in [5, 5.41) is 0. The Morgan fingerprint density at radius 2 is 1.00 bits per heavy atom. The molecule has 0 aromatic carbocycles. The fourth-order valence-corrected chi connectivity index (χ4v) is 0.771. The Morgan fingerprint density at radius 1 is 0.833 bits per heavy atom. The molecule has 0 saturated heterocycles. The van der Waals surface area contributed by atoms with E-state index in [9.17, 15) is 28.5 Å². The van der Waals surface area contributed by atoms with E-state index in [0.717, 1.165) is 28.1 Å². The van der Waals surface area contributed by atoms with E-state index >= 15 is 0 Å². The Labute approximate surface area is 149 Å². The average Bonchev–Trinajstić information content (AvgIpc) is 2.18. The van der Waals surface area contributed by atoms with Gasteiger partial charge in [0, 0.05) is 28.1 Å². The molecule has 18 heavy (non-hydrogen) atoms. The second kappa shape index (κ2) is 12.4. The molecule has 0 aliphatic carbocycles. The number of rotatable bonds is 4. The molecule has 8 nitrogen and oxygen atoms in total. The third kappa shape index (κ3) is 12.7. The Bertz CT molecular complexity index is 323. The van der Waals surface area contributed by atoms with Crippen molar-refractivity contribution < 1.29 is 96.7 Å². The summed E-state index contributed by atoms with van der Waals surface area (Å²) in [6, 6.07) is 0. The van der Waals surface area contributed by atoms with Gasteiger partial charge in [0.2, 0.25) is 11.0 Å². The molecule has 2 atom stereocenters. The molecule has 12 heteroatoms. The molecule has 0 aliphatic rings. The molecule has 0 fully saturated rings. The minimum absolute atomic E-state index is 0. The second-order valence-corrected chi connectivity index (χ2v) is 6.38. The van der Waals surface area contributed by atoms with Crippen LogP contribution in [0, 0.1) is 0 Å².